The second-order valence-corrected chi connectivity index (χ2v) is 4.05. The molecule has 0 aliphatic heterocycles. The van der Waals surface area contributed by atoms with Gasteiger partial charge in [-0.15, -0.1) is 0 Å². The van der Waals surface area contributed by atoms with Crippen molar-refractivity contribution in [1.29, 1.82) is 0 Å². The van der Waals surface area contributed by atoms with Crippen LogP contribution in [0.25, 0.3) is 0 Å². The molecule has 0 atom stereocenters. The Kier molecular flexibility index (Phi) is 3.28. The van der Waals surface area contributed by atoms with E-state index in [9.17, 15) is 9.59 Å². The number of aromatic carboxylic acids is 1. The van der Waals surface area contributed by atoms with E-state index >= 15 is 0 Å². The summed E-state index contributed by atoms with van der Waals surface area (Å²) < 4.78 is 4.95. The van der Waals surface area contributed by atoms with E-state index in [0.717, 1.165) is 11.1 Å². The summed E-state index contributed by atoms with van der Waals surface area (Å²) in [7, 11) is 0. The van der Waals surface area contributed by atoms with Crippen molar-refractivity contribution in [3.8, 4) is 0 Å². The molecule has 0 spiro atoms. The second-order valence-electron chi connectivity index (χ2n) is 4.05. The summed E-state index contributed by atoms with van der Waals surface area (Å²) in [5.74, 6) is -1.55. The minimum atomic E-state index is -1.18. The third-order valence-corrected chi connectivity index (χ3v) is 2.58. The molecule has 0 radical (unpaired) electrons. The van der Waals surface area contributed by atoms with E-state index in [4.69, 9.17) is 9.52 Å². The van der Waals surface area contributed by atoms with Crippen molar-refractivity contribution in [1.82, 2.24) is 0 Å². The SMILES string of the molecule is Cc1ccc(CC(=O)c2ccc(C(=O)O)o2)cc1. The maximum Gasteiger partial charge on any atom is 0.371 e. The molecule has 4 heteroatoms. The Morgan fingerprint density at radius 1 is 1.06 bits per heavy atom. The maximum absolute atomic E-state index is 11.8. The number of ketones is 1. The van der Waals surface area contributed by atoms with Crippen LogP contribution in [0.5, 0.6) is 0 Å². The Morgan fingerprint density at radius 2 is 1.67 bits per heavy atom. The molecule has 18 heavy (non-hydrogen) atoms. The van der Waals surface area contributed by atoms with Gasteiger partial charge in [0.25, 0.3) is 0 Å². The Balaban J connectivity index is 2.11. The van der Waals surface area contributed by atoms with Crippen LogP contribution in [0.1, 0.15) is 32.2 Å². The van der Waals surface area contributed by atoms with Crippen LogP contribution >= 0.6 is 0 Å². The number of carbonyl (C=O) groups is 2. The van der Waals surface area contributed by atoms with Crippen molar-refractivity contribution in [2.24, 2.45) is 0 Å². The molecule has 0 unspecified atom stereocenters. The molecule has 1 aromatic carbocycles. The number of hydrogen-bond donors (Lipinski definition) is 1. The highest BCUT2D eigenvalue weighted by molar-refractivity contribution is 5.96. The van der Waals surface area contributed by atoms with Gasteiger partial charge in [-0.25, -0.2) is 4.79 Å². The van der Waals surface area contributed by atoms with Gasteiger partial charge >= 0.3 is 5.97 Å². The molecule has 0 bridgehead atoms. The van der Waals surface area contributed by atoms with Crippen LogP contribution in [-0.2, 0) is 6.42 Å². The van der Waals surface area contributed by atoms with Crippen molar-refractivity contribution < 1.29 is 19.1 Å². The number of hydrogen-bond acceptors (Lipinski definition) is 3. The van der Waals surface area contributed by atoms with Gasteiger partial charge in [0, 0.05) is 6.42 Å². The smallest absolute Gasteiger partial charge is 0.371 e. The summed E-state index contributed by atoms with van der Waals surface area (Å²) in [6, 6.07) is 10.3. The molecule has 0 saturated heterocycles. The van der Waals surface area contributed by atoms with Crippen LogP contribution in [0.15, 0.2) is 40.8 Å². The van der Waals surface area contributed by atoms with Crippen LogP contribution in [-0.4, -0.2) is 16.9 Å². The summed E-state index contributed by atoms with van der Waals surface area (Å²) in [6.45, 7) is 1.97. The van der Waals surface area contributed by atoms with E-state index in [1.54, 1.807) is 0 Å². The molecule has 0 aliphatic rings. The lowest BCUT2D eigenvalue weighted by Crippen LogP contribution is -2.02. The Bertz CT molecular complexity index is 578. The molecular weight excluding hydrogens is 232 g/mol. The predicted molar refractivity (Wildman–Crippen MR) is 64.9 cm³/mol. The van der Waals surface area contributed by atoms with Gasteiger partial charge in [-0.1, -0.05) is 29.8 Å². The minimum absolute atomic E-state index is 0.0768. The van der Waals surface area contributed by atoms with Crippen LogP contribution in [0.4, 0.5) is 0 Å². The van der Waals surface area contributed by atoms with E-state index < -0.39 is 5.97 Å². The van der Waals surface area contributed by atoms with Crippen molar-refractivity contribution in [2.45, 2.75) is 13.3 Å². The number of furan rings is 1. The van der Waals surface area contributed by atoms with Gasteiger partial charge in [-0.3, -0.25) is 4.79 Å². The first-order chi connectivity index (χ1) is 8.56. The van der Waals surface area contributed by atoms with Crippen molar-refractivity contribution >= 4 is 11.8 Å². The summed E-state index contributed by atoms with van der Waals surface area (Å²) >= 11 is 0. The highest BCUT2D eigenvalue weighted by Crippen LogP contribution is 2.12. The standard InChI is InChI=1S/C14H12O4/c1-9-2-4-10(5-3-9)8-11(15)12-6-7-13(18-12)14(16)17/h2-7H,8H2,1H3,(H,16,17). The molecule has 2 aromatic rings. The Hall–Kier alpha value is -2.36. The van der Waals surface area contributed by atoms with Gasteiger partial charge in [0.2, 0.25) is 11.5 Å². The number of aryl methyl sites for hydroxylation is 1. The average Bonchev–Trinajstić information content (AvgIpc) is 2.81. The fourth-order valence-corrected chi connectivity index (χ4v) is 1.58. The minimum Gasteiger partial charge on any atom is -0.475 e. The maximum atomic E-state index is 11.8. The summed E-state index contributed by atoms with van der Waals surface area (Å²) in [6.07, 6.45) is 0.201. The zero-order chi connectivity index (χ0) is 13.1. The van der Waals surface area contributed by atoms with Crippen LogP contribution < -0.4 is 0 Å². The lowest BCUT2D eigenvalue weighted by atomic mass is 10.1. The average molecular weight is 244 g/mol. The first kappa shape index (κ1) is 12.1. The third kappa shape index (κ3) is 2.66. The van der Waals surface area contributed by atoms with Crippen molar-refractivity contribution in [3.05, 3.63) is 59.0 Å². The highest BCUT2D eigenvalue weighted by atomic mass is 16.4. The zero-order valence-electron chi connectivity index (χ0n) is 9.84. The van der Waals surface area contributed by atoms with Crippen LogP contribution in [0.3, 0.4) is 0 Å². The number of Topliss-reactive ketones (excluding diaryl/α,β-unsaturated/α-hetero) is 1. The fourth-order valence-electron chi connectivity index (χ4n) is 1.58. The monoisotopic (exact) mass is 244 g/mol. The lowest BCUT2D eigenvalue weighted by Gasteiger charge is -1.99. The van der Waals surface area contributed by atoms with E-state index in [-0.39, 0.29) is 23.7 Å². The second kappa shape index (κ2) is 4.87. The number of benzene rings is 1. The van der Waals surface area contributed by atoms with Gasteiger partial charge in [0.05, 0.1) is 0 Å². The summed E-state index contributed by atoms with van der Waals surface area (Å²) in [4.78, 5) is 22.5. The van der Waals surface area contributed by atoms with Gasteiger partial charge in [-0.05, 0) is 24.6 Å². The van der Waals surface area contributed by atoms with Gasteiger partial charge in [-0.2, -0.15) is 0 Å². The number of carbonyl (C=O) groups excluding carboxylic acids is 1. The molecule has 2 rings (SSSR count). The van der Waals surface area contributed by atoms with E-state index in [0.29, 0.717) is 0 Å². The normalized spacial score (nSPS) is 10.3. The predicted octanol–water partition coefficient (Wildman–Crippen LogP) is 2.71. The first-order valence-electron chi connectivity index (χ1n) is 5.48. The molecule has 0 saturated carbocycles. The van der Waals surface area contributed by atoms with Crippen molar-refractivity contribution in [3.63, 3.8) is 0 Å². The van der Waals surface area contributed by atoms with E-state index in [1.165, 1.54) is 12.1 Å². The van der Waals surface area contributed by atoms with Gasteiger partial charge < -0.3 is 9.52 Å². The largest absolute Gasteiger partial charge is 0.475 e. The Labute approximate surface area is 104 Å². The number of carboxylic acids is 1. The summed E-state index contributed by atoms with van der Waals surface area (Å²) in [5, 5.41) is 8.70. The molecule has 0 amide bonds. The number of carboxylic acid groups (broad SMARTS) is 1. The van der Waals surface area contributed by atoms with E-state index in [1.807, 2.05) is 31.2 Å². The van der Waals surface area contributed by atoms with Crippen LogP contribution in [0, 0.1) is 6.92 Å². The fraction of sp³-hybridized carbons (Fsp3) is 0.143. The molecule has 0 fully saturated rings. The highest BCUT2D eigenvalue weighted by Gasteiger charge is 2.15. The zero-order valence-corrected chi connectivity index (χ0v) is 9.84. The Morgan fingerprint density at radius 3 is 2.22 bits per heavy atom. The van der Waals surface area contributed by atoms with Gasteiger partial charge in [0.1, 0.15) is 0 Å². The van der Waals surface area contributed by atoms with Crippen molar-refractivity contribution in [2.75, 3.05) is 0 Å². The molecule has 4 nitrogen and oxygen atoms in total. The molecule has 92 valence electrons. The number of rotatable bonds is 4. The lowest BCUT2D eigenvalue weighted by molar-refractivity contribution is 0.0660. The topological polar surface area (TPSA) is 67.5 Å². The molecule has 1 N–H and O–H groups in total. The molecule has 0 aliphatic carbocycles. The third-order valence-electron chi connectivity index (χ3n) is 2.58. The van der Waals surface area contributed by atoms with Gasteiger partial charge in [0.15, 0.2) is 5.76 Å². The molecular formula is C14H12O4. The quantitative estimate of drug-likeness (QED) is 0.839. The summed E-state index contributed by atoms with van der Waals surface area (Å²) in [5.41, 5.74) is 2.00. The van der Waals surface area contributed by atoms with E-state index in [2.05, 4.69) is 0 Å². The molecule has 1 heterocycles. The first-order valence-corrected chi connectivity index (χ1v) is 5.48. The molecule has 1 aromatic heterocycles. The van der Waals surface area contributed by atoms with Crippen LogP contribution in [0.2, 0.25) is 0 Å².